The second kappa shape index (κ2) is 10.1. The molecule has 1 aliphatic carbocycles. The molecule has 2 aliphatic rings. The third kappa shape index (κ3) is 4.46. The number of aryl methyl sites for hydroxylation is 1. The van der Waals surface area contributed by atoms with Crippen molar-refractivity contribution in [2.75, 3.05) is 24.4 Å². The summed E-state index contributed by atoms with van der Waals surface area (Å²) in [5.41, 5.74) is 19.1. The number of carbonyl (C=O) groups excluding carboxylic acids is 1. The van der Waals surface area contributed by atoms with Gasteiger partial charge in [0.1, 0.15) is 0 Å². The van der Waals surface area contributed by atoms with Crippen LogP contribution >= 0.6 is 0 Å². The fraction of sp³-hybridized carbons (Fsp3) is 0.407. The number of nitrogens with one attached hydrogen (secondary N) is 3. The highest BCUT2D eigenvalue weighted by Crippen LogP contribution is 2.41. The summed E-state index contributed by atoms with van der Waals surface area (Å²) < 4.78 is 6.02. The first-order chi connectivity index (χ1) is 17.5. The Kier molecular flexibility index (Phi) is 6.73. The molecule has 1 amide bonds. The molecule has 0 saturated heterocycles. The van der Waals surface area contributed by atoms with E-state index in [0.29, 0.717) is 42.2 Å². The molecule has 5 rings (SSSR count). The van der Waals surface area contributed by atoms with Crippen molar-refractivity contribution in [3.05, 3.63) is 47.3 Å². The van der Waals surface area contributed by atoms with E-state index in [1.165, 1.54) is 19.3 Å². The summed E-state index contributed by atoms with van der Waals surface area (Å²) in [5, 5.41) is 3.15. The number of carbonyl (C=O) groups is 1. The Bertz CT molecular complexity index is 1290. The molecule has 9 heteroatoms. The number of nitrogens with zero attached hydrogens (tertiary/aromatic N) is 3. The molecule has 0 radical (unpaired) electrons. The number of aromatic nitrogens is 3. The highest BCUT2D eigenvalue weighted by Gasteiger charge is 2.27. The van der Waals surface area contributed by atoms with Crippen LogP contribution in [0.15, 0.2) is 30.5 Å². The molecule has 1 aliphatic heterocycles. The Morgan fingerprint density at radius 3 is 2.78 bits per heavy atom. The number of ether oxygens (including phenoxy) is 1. The summed E-state index contributed by atoms with van der Waals surface area (Å²) in [4.78, 5) is 26.1. The van der Waals surface area contributed by atoms with E-state index in [2.05, 4.69) is 51.0 Å². The maximum atomic E-state index is 12.5. The zero-order valence-corrected chi connectivity index (χ0v) is 21.0. The number of nitrogens with two attached hydrogens (primary N) is 1. The van der Waals surface area contributed by atoms with Crippen LogP contribution in [-0.4, -0.2) is 34.5 Å². The third-order valence-electron chi connectivity index (χ3n) is 7.44. The van der Waals surface area contributed by atoms with Crippen LogP contribution in [0.5, 0.6) is 6.01 Å². The van der Waals surface area contributed by atoms with Crippen molar-refractivity contribution < 1.29 is 9.53 Å². The van der Waals surface area contributed by atoms with Gasteiger partial charge in [0.2, 0.25) is 0 Å². The van der Waals surface area contributed by atoms with Gasteiger partial charge in [0.05, 0.1) is 29.4 Å². The van der Waals surface area contributed by atoms with Gasteiger partial charge < -0.3 is 21.2 Å². The molecular formula is C27H33N7O2. The minimum Gasteiger partial charge on any atom is -0.463 e. The van der Waals surface area contributed by atoms with Crippen LogP contribution in [0.25, 0.3) is 22.5 Å². The van der Waals surface area contributed by atoms with Crippen LogP contribution < -0.4 is 26.6 Å². The van der Waals surface area contributed by atoms with Crippen LogP contribution in [0.1, 0.15) is 54.2 Å². The topological polar surface area (TPSA) is 127 Å². The number of hydrogen-bond donors (Lipinski definition) is 4. The number of hydrogen-bond acceptors (Lipinski definition) is 8. The Morgan fingerprint density at radius 2 is 2.08 bits per heavy atom. The van der Waals surface area contributed by atoms with E-state index in [1.54, 1.807) is 19.3 Å². The number of primary amides is 1. The average molecular weight is 488 g/mol. The minimum absolute atomic E-state index is 0.165. The SMILES string of the molecule is CCC(COc1nccc(-c2cc(-c3c(C)ccc4c3CNN4)c(NC)c(C(N)=O)n2)n1)C1CCC1. The molecule has 1 saturated carbocycles. The molecular weight excluding hydrogens is 454 g/mol. The molecule has 188 valence electrons. The molecule has 1 fully saturated rings. The molecule has 3 aromatic rings. The van der Waals surface area contributed by atoms with Crippen LogP contribution in [0, 0.1) is 18.8 Å². The molecule has 1 atom stereocenters. The summed E-state index contributed by atoms with van der Waals surface area (Å²) in [7, 11) is 1.77. The number of amides is 1. The zero-order valence-electron chi connectivity index (χ0n) is 21.0. The van der Waals surface area contributed by atoms with Crippen molar-refractivity contribution in [2.45, 2.75) is 46.1 Å². The van der Waals surface area contributed by atoms with Crippen LogP contribution in [-0.2, 0) is 6.54 Å². The first kappa shape index (κ1) is 24.0. The molecule has 36 heavy (non-hydrogen) atoms. The van der Waals surface area contributed by atoms with E-state index >= 15 is 0 Å². The van der Waals surface area contributed by atoms with E-state index in [0.717, 1.165) is 40.3 Å². The van der Waals surface area contributed by atoms with Crippen molar-refractivity contribution in [2.24, 2.45) is 17.6 Å². The van der Waals surface area contributed by atoms with Crippen LogP contribution in [0.3, 0.4) is 0 Å². The summed E-state index contributed by atoms with van der Waals surface area (Å²) in [6, 6.07) is 8.15. The van der Waals surface area contributed by atoms with Crippen molar-refractivity contribution >= 4 is 17.3 Å². The number of rotatable bonds is 9. The maximum absolute atomic E-state index is 12.5. The summed E-state index contributed by atoms with van der Waals surface area (Å²) >= 11 is 0. The lowest BCUT2D eigenvalue weighted by molar-refractivity contribution is 0.0996. The van der Waals surface area contributed by atoms with Gasteiger partial charge in [-0.1, -0.05) is 32.3 Å². The number of anilines is 2. The van der Waals surface area contributed by atoms with E-state index in [-0.39, 0.29) is 5.69 Å². The summed E-state index contributed by atoms with van der Waals surface area (Å²) in [6.07, 6.45) is 6.60. The van der Waals surface area contributed by atoms with Crippen molar-refractivity contribution in [1.29, 1.82) is 0 Å². The number of benzene rings is 1. The van der Waals surface area contributed by atoms with Gasteiger partial charge in [-0.3, -0.25) is 4.79 Å². The smallest absolute Gasteiger partial charge is 0.316 e. The van der Waals surface area contributed by atoms with Crippen molar-refractivity contribution in [3.8, 4) is 28.5 Å². The van der Waals surface area contributed by atoms with E-state index in [1.807, 2.05) is 12.1 Å². The normalized spacial score (nSPS) is 15.5. The van der Waals surface area contributed by atoms with E-state index < -0.39 is 5.91 Å². The molecule has 0 spiro atoms. The molecule has 1 unspecified atom stereocenters. The molecule has 3 heterocycles. The average Bonchev–Trinajstić information content (AvgIpc) is 3.33. The third-order valence-corrected chi connectivity index (χ3v) is 7.44. The lowest BCUT2D eigenvalue weighted by Crippen LogP contribution is -2.26. The van der Waals surface area contributed by atoms with E-state index in [9.17, 15) is 4.79 Å². The van der Waals surface area contributed by atoms with Crippen LogP contribution in [0.4, 0.5) is 11.4 Å². The second-order valence-electron chi connectivity index (χ2n) is 9.55. The van der Waals surface area contributed by atoms with Gasteiger partial charge >= 0.3 is 6.01 Å². The summed E-state index contributed by atoms with van der Waals surface area (Å²) in [5.74, 6) is 0.632. The Balaban J connectivity index is 1.55. The monoisotopic (exact) mass is 487 g/mol. The number of pyridine rings is 1. The first-order valence-corrected chi connectivity index (χ1v) is 12.6. The highest BCUT2D eigenvalue weighted by molar-refractivity contribution is 6.02. The van der Waals surface area contributed by atoms with Crippen molar-refractivity contribution in [1.82, 2.24) is 20.4 Å². The maximum Gasteiger partial charge on any atom is 0.316 e. The molecule has 2 aromatic heterocycles. The lowest BCUT2D eigenvalue weighted by atomic mass is 9.75. The fourth-order valence-corrected chi connectivity index (χ4v) is 5.21. The van der Waals surface area contributed by atoms with Gasteiger partial charge in [-0.05, 0) is 54.5 Å². The predicted molar refractivity (Wildman–Crippen MR) is 141 cm³/mol. The first-order valence-electron chi connectivity index (χ1n) is 12.6. The Hall–Kier alpha value is -3.72. The van der Waals surface area contributed by atoms with Gasteiger partial charge in [-0.2, -0.15) is 4.98 Å². The number of fused-ring (bicyclic) bond motifs is 1. The molecule has 5 N–H and O–H groups in total. The largest absolute Gasteiger partial charge is 0.463 e. The summed E-state index contributed by atoms with van der Waals surface area (Å²) in [6.45, 7) is 5.52. The highest BCUT2D eigenvalue weighted by atomic mass is 16.5. The van der Waals surface area contributed by atoms with Gasteiger partial charge in [0.25, 0.3) is 5.91 Å². The molecule has 1 aromatic carbocycles. The van der Waals surface area contributed by atoms with Gasteiger partial charge in [0, 0.05) is 30.9 Å². The second-order valence-corrected chi connectivity index (χ2v) is 9.55. The van der Waals surface area contributed by atoms with E-state index in [4.69, 9.17) is 10.5 Å². The minimum atomic E-state index is -0.610. The zero-order chi connectivity index (χ0) is 25.2. The van der Waals surface area contributed by atoms with Gasteiger partial charge in [-0.15, -0.1) is 0 Å². The Labute approximate surface area is 211 Å². The molecule has 0 bridgehead atoms. The predicted octanol–water partition coefficient (Wildman–Crippen LogP) is 4.29. The molecule has 9 nitrogen and oxygen atoms in total. The van der Waals surface area contributed by atoms with Gasteiger partial charge in [-0.25, -0.2) is 15.4 Å². The van der Waals surface area contributed by atoms with Gasteiger partial charge in [0.15, 0.2) is 5.69 Å². The lowest BCUT2D eigenvalue weighted by Gasteiger charge is -2.32. The van der Waals surface area contributed by atoms with Crippen molar-refractivity contribution in [3.63, 3.8) is 0 Å². The standard InChI is InChI=1S/C27H33N7O2/c1-4-16(17-6-5-7-17)14-36-27-30-11-10-21(33-27)22-12-18(24(29-3)25(32-22)26(28)35)23-15(2)8-9-20-19(23)13-31-34-20/h8-12,16-17,29,31,34H,4-7,13-14H2,1-3H3,(H2,28,35). The van der Waals surface area contributed by atoms with Crippen LogP contribution in [0.2, 0.25) is 0 Å². The fourth-order valence-electron chi connectivity index (χ4n) is 5.21. The quantitative estimate of drug-likeness (QED) is 0.352. The number of hydrazine groups is 1. The Morgan fingerprint density at radius 1 is 1.25 bits per heavy atom.